The highest BCUT2D eigenvalue weighted by Gasteiger charge is 2.09. The predicted molar refractivity (Wildman–Crippen MR) is 102 cm³/mol. The monoisotopic (exact) mass is 419 g/mol. The Morgan fingerprint density at radius 3 is 2.46 bits per heavy atom. The van der Waals surface area contributed by atoms with Gasteiger partial charge in [0.25, 0.3) is 5.69 Å². The van der Waals surface area contributed by atoms with Gasteiger partial charge in [-0.1, -0.05) is 34.1 Å². The van der Waals surface area contributed by atoms with E-state index in [-0.39, 0.29) is 36.9 Å². The normalized spacial score (nSPS) is 10.2. The maximum atomic E-state index is 12.0. The summed E-state index contributed by atoms with van der Waals surface area (Å²) < 4.78 is 0.870. The summed E-state index contributed by atoms with van der Waals surface area (Å²) in [5.41, 5.74) is 2.32. The van der Waals surface area contributed by atoms with E-state index < -0.39 is 4.92 Å². The number of hydrogen-bond donors (Lipinski definition) is 2. The SMILES string of the molecule is Cc1ccc(Br)cc1NC(=O)CCNC(=O)Cc1ccc([N+](=O)[O-])cc1. The minimum absolute atomic E-state index is 0.0197. The molecule has 0 aliphatic rings. The number of nitro benzene ring substituents is 1. The topological polar surface area (TPSA) is 101 Å². The molecule has 2 aromatic carbocycles. The molecule has 7 nitrogen and oxygen atoms in total. The smallest absolute Gasteiger partial charge is 0.269 e. The molecule has 8 heteroatoms. The van der Waals surface area contributed by atoms with Crippen molar-refractivity contribution < 1.29 is 14.5 Å². The highest BCUT2D eigenvalue weighted by molar-refractivity contribution is 9.10. The number of hydrogen-bond acceptors (Lipinski definition) is 4. The number of amides is 2. The van der Waals surface area contributed by atoms with Crippen LogP contribution in [0.3, 0.4) is 0 Å². The lowest BCUT2D eigenvalue weighted by atomic mass is 10.1. The van der Waals surface area contributed by atoms with E-state index in [9.17, 15) is 19.7 Å². The zero-order valence-corrected chi connectivity index (χ0v) is 15.7. The summed E-state index contributed by atoms with van der Waals surface area (Å²) in [6, 6.07) is 11.4. The van der Waals surface area contributed by atoms with Gasteiger partial charge in [0, 0.05) is 35.3 Å². The second kappa shape index (κ2) is 9.10. The third-order valence-electron chi connectivity index (χ3n) is 3.66. The van der Waals surface area contributed by atoms with Gasteiger partial charge in [-0.3, -0.25) is 19.7 Å². The molecule has 0 fully saturated rings. The molecule has 2 rings (SSSR count). The van der Waals surface area contributed by atoms with Crippen molar-refractivity contribution in [1.29, 1.82) is 0 Å². The van der Waals surface area contributed by atoms with Crippen LogP contribution in [0, 0.1) is 17.0 Å². The van der Waals surface area contributed by atoms with Crippen LogP contribution in [-0.4, -0.2) is 23.3 Å². The van der Waals surface area contributed by atoms with Gasteiger partial charge in [0.05, 0.1) is 11.3 Å². The predicted octanol–water partition coefficient (Wildman–Crippen LogP) is 3.35. The lowest BCUT2D eigenvalue weighted by Crippen LogP contribution is -2.29. The number of carbonyl (C=O) groups is 2. The molecule has 0 saturated heterocycles. The number of non-ortho nitro benzene ring substituents is 1. The second-order valence-electron chi connectivity index (χ2n) is 5.71. The van der Waals surface area contributed by atoms with Crippen LogP contribution in [0.4, 0.5) is 11.4 Å². The van der Waals surface area contributed by atoms with Crippen molar-refractivity contribution >= 4 is 39.1 Å². The molecule has 0 radical (unpaired) electrons. The zero-order valence-electron chi connectivity index (χ0n) is 14.1. The van der Waals surface area contributed by atoms with Gasteiger partial charge in [-0.05, 0) is 30.2 Å². The first-order valence-corrected chi connectivity index (χ1v) is 8.70. The Hall–Kier alpha value is -2.74. The molecule has 0 aromatic heterocycles. The first-order chi connectivity index (χ1) is 12.3. The van der Waals surface area contributed by atoms with E-state index in [4.69, 9.17) is 0 Å². The Morgan fingerprint density at radius 2 is 1.81 bits per heavy atom. The number of nitro groups is 1. The van der Waals surface area contributed by atoms with Crippen LogP contribution in [0.1, 0.15) is 17.5 Å². The summed E-state index contributed by atoms with van der Waals surface area (Å²) in [7, 11) is 0. The van der Waals surface area contributed by atoms with Crippen molar-refractivity contribution in [3.8, 4) is 0 Å². The summed E-state index contributed by atoms with van der Waals surface area (Å²) in [5, 5.41) is 16.1. The van der Waals surface area contributed by atoms with E-state index in [2.05, 4.69) is 26.6 Å². The van der Waals surface area contributed by atoms with Crippen LogP contribution >= 0.6 is 15.9 Å². The fraction of sp³-hybridized carbons (Fsp3) is 0.222. The Kier molecular flexibility index (Phi) is 6.85. The van der Waals surface area contributed by atoms with Crippen molar-refractivity contribution in [2.24, 2.45) is 0 Å². The molecule has 26 heavy (non-hydrogen) atoms. The molecular weight excluding hydrogens is 402 g/mol. The number of rotatable bonds is 7. The fourth-order valence-corrected chi connectivity index (χ4v) is 2.60. The first kappa shape index (κ1) is 19.6. The largest absolute Gasteiger partial charge is 0.355 e. The van der Waals surface area contributed by atoms with Gasteiger partial charge in [0.2, 0.25) is 11.8 Å². The van der Waals surface area contributed by atoms with Crippen molar-refractivity contribution in [2.75, 3.05) is 11.9 Å². The van der Waals surface area contributed by atoms with Crippen molar-refractivity contribution in [3.63, 3.8) is 0 Å². The number of aryl methyl sites for hydroxylation is 1. The molecule has 2 aromatic rings. The number of nitrogens with zero attached hydrogens (tertiary/aromatic N) is 1. The van der Waals surface area contributed by atoms with Crippen molar-refractivity contribution in [2.45, 2.75) is 19.8 Å². The maximum absolute atomic E-state index is 12.0. The van der Waals surface area contributed by atoms with E-state index in [1.807, 2.05) is 25.1 Å². The summed E-state index contributed by atoms with van der Waals surface area (Å²) in [5.74, 6) is -0.438. The minimum atomic E-state index is -0.491. The molecule has 0 aliphatic carbocycles. The molecule has 0 heterocycles. The number of carbonyl (C=O) groups excluding carboxylic acids is 2. The molecule has 0 atom stereocenters. The van der Waals surface area contributed by atoms with Crippen LogP contribution in [0.25, 0.3) is 0 Å². The van der Waals surface area contributed by atoms with Crippen LogP contribution in [0.5, 0.6) is 0 Å². The summed E-state index contributed by atoms with van der Waals surface area (Å²) >= 11 is 3.36. The minimum Gasteiger partial charge on any atom is -0.355 e. The molecule has 0 aliphatic heterocycles. The standard InChI is InChI=1S/C18H18BrN3O4/c1-12-2-5-14(19)11-16(12)21-17(23)8-9-20-18(24)10-13-3-6-15(7-4-13)22(25)26/h2-7,11H,8-10H2,1H3,(H,20,24)(H,21,23). The van der Waals surface area contributed by atoms with Crippen molar-refractivity contribution in [3.05, 3.63) is 68.2 Å². The molecule has 2 N–H and O–H groups in total. The highest BCUT2D eigenvalue weighted by atomic mass is 79.9. The van der Waals surface area contributed by atoms with Crippen LogP contribution in [-0.2, 0) is 16.0 Å². The average Bonchev–Trinajstić information content (AvgIpc) is 2.58. The summed E-state index contributed by atoms with van der Waals surface area (Å²) in [6.45, 7) is 2.11. The Morgan fingerprint density at radius 1 is 1.12 bits per heavy atom. The van der Waals surface area contributed by atoms with Gasteiger partial charge in [0.15, 0.2) is 0 Å². The molecule has 0 spiro atoms. The maximum Gasteiger partial charge on any atom is 0.269 e. The molecule has 0 unspecified atom stereocenters. The van der Waals surface area contributed by atoms with Gasteiger partial charge in [0.1, 0.15) is 0 Å². The Bertz CT molecular complexity index is 822. The van der Waals surface area contributed by atoms with Crippen LogP contribution in [0.2, 0.25) is 0 Å². The molecule has 0 saturated carbocycles. The van der Waals surface area contributed by atoms with E-state index in [1.54, 1.807) is 12.1 Å². The highest BCUT2D eigenvalue weighted by Crippen LogP contribution is 2.20. The van der Waals surface area contributed by atoms with Crippen LogP contribution in [0.15, 0.2) is 46.9 Å². The molecule has 136 valence electrons. The van der Waals surface area contributed by atoms with Crippen LogP contribution < -0.4 is 10.6 Å². The van der Waals surface area contributed by atoms with Gasteiger partial charge in [-0.15, -0.1) is 0 Å². The van der Waals surface area contributed by atoms with Crippen molar-refractivity contribution in [1.82, 2.24) is 5.32 Å². The molecule has 0 bridgehead atoms. The second-order valence-corrected chi connectivity index (χ2v) is 6.62. The molecular formula is C18H18BrN3O4. The van der Waals surface area contributed by atoms with E-state index in [0.717, 1.165) is 15.7 Å². The Labute approximate surface area is 159 Å². The third-order valence-corrected chi connectivity index (χ3v) is 4.15. The quantitative estimate of drug-likeness (QED) is 0.530. The third kappa shape index (κ3) is 5.96. The summed E-state index contributed by atoms with van der Waals surface area (Å²) in [4.78, 5) is 34.0. The lowest BCUT2D eigenvalue weighted by Gasteiger charge is -2.09. The van der Waals surface area contributed by atoms with E-state index >= 15 is 0 Å². The number of halogens is 1. The van der Waals surface area contributed by atoms with Gasteiger partial charge < -0.3 is 10.6 Å². The van der Waals surface area contributed by atoms with Gasteiger partial charge in [-0.2, -0.15) is 0 Å². The van der Waals surface area contributed by atoms with Gasteiger partial charge in [-0.25, -0.2) is 0 Å². The zero-order chi connectivity index (χ0) is 19.1. The number of benzene rings is 2. The number of nitrogens with one attached hydrogen (secondary N) is 2. The van der Waals surface area contributed by atoms with E-state index in [0.29, 0.717) is 5.56 Å². The summed E-state index contributed by atoms with van der Waals surface area (Å²) in [6.07, 6.45) is 0.252. The lowest BCUT2D eigenvalue weighted by molar-refractivity contribution is -0.384. The first-order valence-electron chi connectivity index (χ1n) is 7.91. The Balaban J connectivity index is 1.76. The molecule has 2 amide bonds. The van der Waals surface area contributed by atoms with Gasteiger partial charge >= 0.3 is 0 Å². The van der Waals surface area contributed by atoms with E-state index in [1.165, 1.54) is 12.1 Å². The fourth-order valence-electron chi connectivity index (χ4n) is 2.24. The number of anilines is 1. The average molecular weight is 420 g/mol.